The molecular weight excluding hydrogens is 241 g/mol. The number of benzene rings is 2. The molecule has 2 rings (SSSR count). The van der Waals surface area contributed by atoms with Crippen molar-refractivity contribution in [3.8, 4) is 5.75 Å². The summed E-state index contributed by atoms with van der Waals surface area (Å²) in [5, 5.41) is 3.16. The van der Waals surface area contributed by atoms with Crippen molar-refractivity contribution in [2.45, 2.75) is 0 Å². The van der Waals surface area contributed by atoms with E-state index in [2.05, 4.69) is 9.50 Å². The number of para-hydroxylation sites is 1. The normalized spacial score (nSPS) is 11.8. The average Bonchev–Trinajstić information content (AvgIpc) is 2.32. The van der Waals surface area contributed by atoms with Crippen LogP contribution >= 0.6 is 0 Å². The Balaban J connectivity index is 2.06. The Labute approximate surface area is 101 Å². The number of rotatable bonds is 4. The molecule has 0 spiro atoms. The zero-order chi connectivity index (χ0) is 12.1. The van der Waals surface area contributed by atoms with E-state index in [1.165, 1.54) is 0 Å². The summed E-state index contributed by atoms with van der Waals surface area (Å²) in [6, 6.07) is 16.2. The molecule has 0 saturated carbocycles. The van der Waals surface area contributed by atoms with E-state index in [0.717, 1.165) is 11.4 Å². The lowest BCUT2D eigenvalue weighted by atomic mass is 10.2. The summed E-state index contributed by atoms with van der Waals surface area (Å²) in [5.74, 6) is 0.226. The zero-order valence-electron chi connectivity index (χ0n) is 8.80. The molecule has 5 heteroatoms. The van der Waals surface area contributed by atoms with Crippen LogP contribution in [0.1, 0.15) is 0 Å². The van der Waals surface area contributed by atoms with Crippen LogP contribution in [0.3, 0.4) is 0 Å². The number of halogens is 1. The Bertz CT molecular complexity index is 502. The molecule has 0 saturated heterocycles. The minimum Gasteiger partial charge on any atom is -0.377 e. The van der Waals surface area contributed by atoms with Gasteiger partial charge in [-0.3, -0.25) is 0 Å². The van der Waals surface area contributed by atoms with Crippen molar-refractivity contribution in [3.05, 3.63) is 54.6 Å². The van der Waals surface area contributed by atoms with Gasteiger partial charge in [0.2, 0.25) is 0 Å². The zero-order valence-corrected chi connectivity index (χ0v) is 9.62. The Morgan fingerprint density at radius 1 is 0.941 bits per heavy atom. The van der Waals surface area contributed by atoms with E-state index < -0.39 is 11.5 Å². The second-order valence-electron chi connectivity index (χ2n) is 3.29. The van der Waals surface area contributed by atoms with Crippen LogP contribution in [0.5, 0.6) is 5.75 Å². The quantitative estimate of drug-likeness (QED) is 0.847. The first-order valence-corrected chi connectivity index (χ1v) is 5.90. The van der Waals surface area contributed by atoms with Gasteiger partial charge in [-0.05, 0) is 36.4 Å². The highest BCUT2D eigenvalue weighted by Crippen LogP contribution is 2.20. The highest BCUT2D eigenvalue weighted by atomic mass is 32.2. The van der Waals surface area contributed by atoms with Crippen LogP contribution in [0.25, 0.3) is 0 Å². The first-order chi connectivity index (χ1) is 8.24. The van der Waals surface area contributed by atoms with Crippen LogP contribution in [0, 0.1) is 0 Å². The number of nitrogens with one attached hydrogen (secondary N) is 1. The molecular formula is C12H10FNO2S. The fraction of sp³-hybridized carbons (Fsp3) is 0. The minimum atomic E-state index is -2.78. The van der Waals surface area contributed by atoms with E-state index >= 15 is 0 Å². The lowest BCUT2D eigenvalue weighted by Crippen LogP contribution is -1.93. The third-order valence-corrected chi connectivity index (χ3v) is 2.40. The lowest BCUT2D eigenvalue weighted by Gasteiger charge is -2.06. The highest BCUT2D eigenvalue weighted by molar-refractivity contribution is 7.75. The van der Waals surface area contributed by atoms with Crippen LogP contribution in [0.2, 0.25) is 0 Å². The average molecular weight is 251 g/mol. The molecule has 88 valence electrons. The molecule has 0 amide bonds. The smallest absolute Gasteiger partial charge is 0.377 e. The van der Waals surface area contributed by atoms with Crippen LogP contribution in [0.4, 0.5) is 15.3 Å². The third-order valence-electron chi connectivity index (χ3n) is 2.08. The minimum absolute atomic E-state index is 0.226. The highest BCUT2D eigenvalue weighted by Gasteiger charge is 2.00. The molecule has 2 aromatic rings. The van der Waals surface area contributed by atoms with Gasteiger partial charge < -0.3 is 9.50 Å². The summed E-state index contributed by atoms with van der Waals surface area (Å²) in [4.78, 5) is 0. The van der Waals surface area contributed by atoms with Crippen molar-refractivity contribution < 1.29 is 12.3 Å². The largest absolute Gasteiger partial charge is 0.401 e. The molecule has 3 nitrogen and oxygen atoms in total. The maximum atomic E-state index is 12.1. The molecule has 0 bridgehead atoms. The van der Waals surface area contributed by atoms with Gasteiger partial charge in [-0.1, -0.05) is 22.1 Å². The maximum Gasteiger partial charge on any atom is 0.401 e. The van der Waals surface area contributed by atoms with E-state index in [0.29, 0.717) is 0 Å². The van der Waals surface area contributed by atoms with Gasteiger partial charge in [0.1, 0.15) is 5.75 Å². The fourth-order valence-corrected chi connectivity index (χ4v) is 1.62. The molecule has 0 fully saturated rings. The van der Waals surface area contributed by atoms with Gasteiger partial charge in [-0.15, -0.1) is 0 Å². The van der Waals surface area contributed by atoms with Crippen molar-refractivity contribution in [2.75, 3.05) is 5.32 Å². The topological polar surface area (TPSA) is 38.3 Å². The van der Waals surface area contributed by atoms with Gasteiger partial charge in [0.05, 0.1) is 0 Å². The Morgan fingerprint density at radius 2 is 1.53 bits per heavy atom. The van der Waals surface area contributed by atoms with Gasteiger partial charge >= 0.3 is 11.5 Å². The number of anilines is 2. The summed E-state index contributed by atoms with van der Waals surface area (Å²) in [5.41, 5.74) is 1.79. The molecule has 2 aromatic carbocycles. The van der Waals surface area contributed by atoms with Crippen LogP contribution in [0.15, 0.2) is 54.6 Å². The SMILES string of the molecule is O=S(F)Oc1ccc(Nc2ccccc2)cc1. The standard InChI is InChI=1S/C12H10FNO2S/c13-17(15)16-12-8-6-11(7-9-12)14-10-4-2-1-3-5-10/h1-9,14H. The summed E-state index contributed by atoms with van der Waals surface area (Å²) in [6.07, 6.45) is 0. The van der Waals surface area contributed by atoms with E-state index in [9.17, 15) is 8.09 Å². The molecule has 1 atom stereocenters. The summed E-state index contributed by atoms with van der Waals surface area (Å²) in [6.45, 7) is 0. The summed E-state index contributed by atoms with van der Waals surface area (Å²) < 4.78 is 26.7. The van der Waals surface area contributed by atoms with E-state index in [-0.39, 0.29) is 5.75 Å². The first-order valence-electron chi connectivity index (χ1n) is 4.92. The van der Waals surface area contributed by atoms with Gasteiger partial charge in [-0.2, -0.15) is 4.21 Å². The van der Waals surface area contributed by atoms with Gasteiger partial charge in [-0.25, -0.2) is 0 Å². The monoisotopic (exact) mass is 251 g/mol. The van der Waals surface area contributed by atoms with E-state index in [1.54, 1.807) is 24.3 Å². The molecule has 1 unspecified atom stereocenters. The van der Waals surface area contributed by atoms with Crippen molar-refractivity contribution in [1.82, 2.24) is 0 Å². The van der Waals surface area contributed by atoms with Crippen molar-refractivity contribution >= 4 is 22.8 Å². The molecule has 0 aromatic heterocycles. The fourth-order valence-electron chi connectivity index (χ4n) is 1.36. The molecule has 17 heavy (non-hydrogen) atoms. The van der Waals surface area contributed by atoms with E-state index in [4.69, 9.17) is 0 Å². The molecule has 1 N–H and O–H groups in total. The second-order valence-corrected chi connectivity index (χ2v) is 3.85. The van der Waals surface area contributed by atoms with Crippen LogP contribution in [-0.4, -0.2) is 4.21 Å². The predicted molar refractivity (Wildman–Crippen MR) is 66.0 cm³/mol. The predicted octanol–water partition coefficient (Wildman–Crippen LogP) is 3.36. The Morgan fingerprint density at radius 3 is 2.12 bits per heavy atom. The van der Waals surface area contributed by atoms with Crippen LogP contribution < -0.4 is 9.50 Å². The maximum absolute atomic E-state index is 12.1. The number of hydrogen-bond acceptors (Lipinski definition) is 3. The lowest BCUT2D eigenvalue weighted by molar-refractivity contribution is 0.519. The number of hydrogen-bond donors (Lipinski definition) is 1. The van der Waals surface area contributed by atoms with Crippen LogP contribution in [-0.2, 0) is 11.5 Å². The van der Waals surface area contributed by atoms with Crippen molar-refractivity contribution in [3.63, 3.8) is 0 Å². The second kappa shape index (κ2) is 5.45. The Kier molecular flexibility index (Phi) is 3.72. The van der Waals surface area contributed by atoms with Crippen molar-refractivity contribution in [1.29, 1.82) is 0 Å². The molecule has 0 aliphatic heterocycles. The summed E-state index contributed by atoms with van der Waals surface area (Å²) in [7, 11) is 0. The molecule has 0 aliphatic carbocycles. The van der Waals surface area contributed by atoms with Gasteiger partial charge in [0, 0.05) is 11.4 Å². The molecule has 0 aliphatic rings. The van der Waals surface area contributed by atoms with Gasteiger partial charge in [0.25, 0.3) is 0 Å². The van der Waals surface area contributed by atoms with Gasteiger partial charge in [0.15, 0.2) is 0 Å². The molecule has 0 heterocycles. The summed E-state index contributed by atoms with van der Waals surface area (Å²) >= 11 is -2.78. The van der Waals surface area contributed by atoms with Crippen molar-refractivity contribution in [2.24, 2.45) is 0 Å². The Hall–Kier alpha value is -1.88. The molecule has 0 radical (unpaired) electrons. The van der Waals surface area contributed by atoms with E-state index in [1.807, 2.05) is 30.3 Å². The first kappa shape index (κ1) is 11.6. The third kappa shape index (κ3) is 3.57.